The van der Waals surface area contributed by atoms with Gasteiger partial charge >= 0.3 is 6.18 Å². The Morgan fingerprint density at radius 2 is 1.96 bits per heavy atom. The first-order valence-electron chi connectivity index (χ1n) is 6.17. The molecule has 0 fully saturated rings. The number of amides is 1. The van der Waals surface area contributed by atoms with Crippen molar-refractivity contribution in [3.05, 3.63) is 52.1 Å². The van der Waals surface area contributed by atoms with Crippen molar-refractivity contribution in [2.75, 3.05) is 11.9 Å². The smallest absolute Gasteiger partial charge is 0.422 e. The summed E-state index contributed by atoms with van der Waals surface area (Å²) < 4.78 is 40.5. The number of carbonyl (C=O) groups is 1. The van der Waals surface area contributed by atoms with Crippen LogP contribution in [0.1, 0.15) is 10.4 Å². The molecule has 9 heteroatoms. The number of alkyl halides is 3. The molecule has 0 aliphatic carbocycles. The molecule has 0 bridgehead atoms. The second-order valence-corrected chi connectivity index (χ2v) is 5.13. The van der Waals surface area contributed by atoms with Crippen LogP contribution in [0.3, 0.4) is 0 Å². The zero-order chi connectivity index (χ0) is 17.0. The van der Waals surface area contributed by atoms with Gasteiger partial charge in [0.1, 0.15) is 0 Å². The van der Waals surface area contributed by atoms with Gasteiger partial charge in [-0.05, 0) is 18.2 Å². The van der Waals surface area contributed by atoms with Crippen LogP contribution in [0.5, 0.6) is 5.88 Å². The van der Waals surface area contributed by atoms with Crippen LogP contribution in [-0.4, -0.2) is 23.7 Å². The van der Waals surface area contributed by atoms with Crippen LogP contribution in [0.25, 0.3) is 0 Å². The van der Waals surface area contributed by atoms with Gasteiger partial charge in [-0.1, -0.05) is 29.3 Å². The van der Waals surface area contributed by atoms with E-state index in [-0.39, 0.29) is 21.5 Å². The number of hydrogen-bond donors (Lipinski definition) is 1. The number of benzene rings is 1. The van der Waals surface area contributed by atoms with E-state index in [1.807, 2.05) is 0 Å². The zero-order valence-corrected chi connectivity index (χ0v) is 12.8. The molecule has 1 amide bonds. The molecule has 0 aliphatic rings. The van der Waals surface area contributed by atoms with Crippen molar-refractivity contribution in [3.63, 3.8) is 0 Å². The lowest BCUT2D eigenvalue weighted by atomic mass is 10.2. The van der Waals surface area contributed by atoms with Gasteiger partial charge in [-0.3, -0.25) is 4.79 Å². The van der Waals surface area contributed by atoms with E-state index in [0.717, 1.165) is 6.20 Å². The topological polar surface area (TPSA) is 51.2 Å². The summed E-state index contributed by atoms with van der Waals surface area (Å²) in [4.78, 5) is 15.7. The summed E-state index contributed by atoms with van der Waals surface area (Å²) in [6.45, 7) is -1.45. The fraction of sp³-hybridized carbons (Fsp3) is 0.143. The van der Waals surface area contributed by atoms with E-state index in [2.05, 4.69) is 15.0 Å². The van der Waals surface area contributed by atoms with Crippen LogP contribution in [0, 0.1) is 0 Å². The standard InChI is InChI=1S/C14H9Cl2F3N2O2/c15-9-2-1-3-10(12(9)16)21-13(22)8-4-5-11(20-6-8)23-7-14(17,18)19/h1-6H,7H2,(H,21,22). The van der Waals surface area contributed by atoms with Gasteiger partial charge in [-0.15, -0.1) is 0 Å². The SMILES string of the molecule is O=C(Nc1cccc(Cl)c1Cl)c1ccc(OCC(F)(F)F)nc1. The Morgan fingerprint density at radius 3 is 2.57 bits per heavy atom. The summed E-state index contributed by atoms with van der Waals surface area (Å²) in [5.74, 6) is -0.774. The zero-order valence-electron chi connectivity index (χ0n) is 11.3. The van der Waals surface area contributed by atoms with E-state index in [9.17, 15) is 18.0 Å². The first-order valence-corrected chi connectivity index (χ1v) is 6.93. The molecule has 1 heterocycles. The van der Waals surface area contributed by atoms with Crippen molar-refractivity contribution in [1.29, 1.82) is 0 Å². The molecule has 0 radical (unpaired) electrons. The molecule has 2 aromatic rings. The summed E-state index contributed by atoms with van der Waals surface area (Å²) in [5, 5.41) is 2.98. The number of pyridine rings is 1. The highest BCUT2D eigenvalue weighted by molar-refractivity contribution is 6.44. The molecule has 0 spiro atoms. The first-order chi connectivity index (χ1) is 10.8. The molecule has 23 heavy (non-hydrogen) atoms. The third kappa shape index (κ3) is 5.01. The van der Waals surface area contributed by atoms with Crippen molar-refractivity contribution in [1.82, 2.24) is 4.98 Å². The third-order valence-corrected chi connectivity index (χ3v) is 3.40. The largest absolute Gasteiger partial charge is 0.468 e. The van der Waals surface area contributed by atoms with Gasteiger partial charge in [0.15, 0.2) is 6.61 Å². The molecule has 122 valence electrons. The monoisotopic (exact) mass is 364 g/mol. The van der Waals surface area contributed by atoms with Gasteiger partial charge < -0.3 is 10.1 Å². The van der Waals surface area contributed by atoms with Gasteiger partial charge in [0.05, 0.1) is 21.3 Å². The summed E-state index contributed by atoms with van der Waals surface area (Å²) in [5.41, 5.74) is 0.432. The number of anilines is 1. The number of hydrogen-bond acceptors (Lipinski definition) is 3. The number of rotatable bonds is 4. The van der Waals surface area contributed by atoms with E-state index in [0.29, 0.717) is 5.69 Å². The Hall–Kier alpha value is -1.99. The maximum absolute atomic E-state index is 12.0. The van der Waals surface area contributed by atoms with Crippen LogP contribution >= 0.6 is 23.2 Å². The van der Waals surface area contributed by atoms with Crippen molar-refractivity contribution in [2.24, 2.45) is 0 Å². The molecular weight excluding hydrogens is 356 g/mol. The minimum atomic E-state index is -4.46. The molecule has 1 N–H and O–H groups in total. The van der Waals surface area contributed by atoms with Crippen LogP contribution in [0.15, 0.2) is 36.5 Å². The maximum atomic E-state index is 12.0. The molecule has 4 nitrogen and oxygen atoms in total. The second-order valence-electron chi connectivity index (χ2n) is 4.34. The number of aromatic nitrogens is 1. The van der Waals surface area contributed by atoms with E-state index < -0.39 is 18.7 Å². The lowest BCUT2D eigenvalue weighted by Gasteiger charge is -2.10. The Labute approximate surface area is 139 Å². The Balaban J connectivity index is 2.04. The van der Waals surface area contributed by atoms with Crippen LogP contribution < -0.4 is 10.1 Å². The number of nitrogens with one attached hydrogen (secondary N) is 1. The quantitative estimate of drug-likeness (QED) is 0.863. The molecule has 2 rings (SSSR count). The predicted molar refractivity (Wildman–Crippen MR) is 80.2 cm³/mol. The fourth-order valence-electron chi connectivity index (χ4n) is 1.55. The molecular formula is C14H9Cl2F3N2O2. The fourth-order valence-corrected chi connectivity index (χ4v) is 1.90. The Morgan fingerprint density at radius 1 is 1.22 bits per heavy atom. The number of nitrogens with zero attached hydrogens (tertiary/aromatic N) is 1. The number of carbonyl (C=O) groups excluding carboxylic acids is 1. The van der Waals surface area contributed by atoms with Crippen molar-refractivity contribution >= 4 is 34.8 Å². The lowest BCUT2D eigenvalue weighted by Crippen LogP contribution is -2.19. The molecule has 0 atom stereocenters. The van der Waals surface area contributed by atoms with Gasteiger partial charge in [-0.25, -0.2) is 4.98 Å². The van der Waals surface area contributed by atoms with Gasteiger partial charge in [0.25, 0.3) is 5.91 Å². The molecule has 0 unspecified atom stereocenters. The van der Waals surface area contributed by atoms with Crippen LogP contribution in [0.4, 0.5) is 18.9 Å². The second kappa shape index (κ2) is 7.06. The van der Waals surface area contributed by atoms with Gasteiger partial charge in [0.2, 0.25) is 5.88 Å². The summed E-state index contributed by atoms with van der Waals surface area (Å²) >= 11 is 11.8. The third-order valence-electron chi connectivity index (χ3n) is 2.58. The molecule has 1 aromatic heterocycles. The maximum Gasteiger partial charge on any atom is 0.422 e. The number of halogens is 5. The van der Waals surface area contributed by atoms with Crippen molar-refractivity contribution < 1.29 is 22.7 Å². The normalized spacial score (nSPS) is 11.2. The predicted octanol–water partition coefficient (Wildman–Crippen LogP) is 4.58. The molecule has 0 saturated carbocycles. The van der Waals surface area contributed by atoms with Crippen LogP contribution in [0.2, 0.25) is 10.0 Å². The van der Waals surface area contributed by atoms with Crippen molar-refractivity contribution in [3.8, 4) is 5.88 Å². The van der Waals surface area contributed by atoms with Gasteiger partial charge in [0, 0.05) is 12.3 Å². The van der Waals surface area contributed by atoms with E-state index in [1.165, 1.54) is 12.1 Å². The average Bonchev–Trinajstić information content (AvgIpc) is 2.49. The highest BCUT2D eigenvalue weighted by atomic mass is 35.5. The Bertz CT molecular complexity index is 706. The van der Waals surface area contributed by atoms with Gasteiger partial charge in [-0.2, -0.15) is 13.2 Å². The van der Waals surface area contributed by atoms with Crippen molar-refractivity contribution in [2.45, 2.75) is 6.18 Å². The van der Waals surface area contributed by atoms with E-state index >= 15 is 0 Å². The van der Waals surface area contributed by atoms with Crippen LogP contribution in [-0.2, 0) is 0 Å². The summed E-state index contributed by atoms with van der Waals surface area (Å²) in [6.07, 6.45) is -3.36. The Kier molecular flexibility index (Phi) is 5.33. The molecule has 1 aromatic carbocycles. The van der Waals surface area contributed by atoms with E-state index in [1.54, 1.807) is 18.2 Å². The summed E-state index contributed by atoms with van der Waals surface area (Å²) in [6, 6.07) is 7.18. The summed E-state index contributed by atoms with van der Waals surface area (Å²) in [7, 11) is 0. The minimum Gasteiger partial charge on any atom is -0.468 e. The molecule has 0 aliphatic heterocycles. The first kappa shape index (κ1) is 17.4. The minimum absolute atomic E-state index is 0.125. The lowest BCUT2D eigenvalue weighted by molar-refractivity contribution is -0.154. The number of ether oxygens (including phenoxy) is 1. The highest BCUT2D eigenvalue weighted by Crippen LogP contribution is 2.29. The average molecular weight is 365 g/mol. The van der Waals surface area contributed by atoms with E-state index in [4.69, 9.17) is 23.2 Å². The highest BCUT2D eigenvalue weighted by Gasteiger charge is 2.28. The molecule has 0 saturated heterocycles.